The second-order valence-electron chi connectivity index (χ2n) is 2.70. The van der Waals surface area contributed by atoms with Crippen LogP contribution in [0.2, 0.25) is 0 Å². The minimum absolute atomic E-state index is 0.0144. The Hall–Kier alpha value is -0.260. The van der Waals surface area contributed by atoms with E-state index in [1.54, 1.807) is 7.11 Å². The molecule has 0 aliphatic rings. The van der Waals surface area contributed by atoms with Crippen LogP contribution in [0.4, 0.5) is 0 Å². The van der Waals surface area contributed by atoms with Crippen molar-refractivity contribution in [3.8, 4) is 0 Å². The minimum atomic E-state index is -0.338. The first-order chi connectivity index (χ1) is 6.74. The Bertz CT molecular complexity index is 148. The molecule has 0 fully saturated rings. The molecule has 1 atom stereocenters. The molecule has 14 heavy (non-hydrogen) atoms. The summed E-state index contributed by atoms with van der Waals surface area (Å²) in [6, 6.07) is 0. The molecule has 0 bridgehead atoms. The van der Waals surface area contributed by atoms with Gasteiger partial charge in [0.05, 0.1) is 12.0 Å². The van der Waals surface area contributed by atoms with Crippen molar-refractivity contribution in [2.75, 3.05) is 32.5 Å². The molecule has 0 rings (SSSR count). The van der Waals surface area contributed by atoms with Gasteiger partial charge in [0.25, 0.3) is 0 Å². The summed E-state index contributed by atoms with van der Waals surface area (Å²) in [6.45, 7) is 2.29. The van der Waals surface area contributed by atoms with Crippen LogP contribution >= 0.6 is 11.8 Å². The highest BCUT2D eigenvalue weighted by molar-refractivity contribution is 7.98. The molecule has 0 heterocycles. The summed E-state index contributed by atoms with van der Waals surface area (Å²) in [5, 5.41) is 0. The first-order valence-electron chi connectivity index (χ1n) is 4.49. The smallest absolute Gasteiger partial charge is 0.332 e. The Morgan fingerprint density at radius 3 is 2.71 bits per heavy atom. The Morgan fingerprint density at radius 2 is 2.21 bits per heavy atom. The van der Waals surface area contributed by atoms with Crippen LogP contribution in [-0.2, 0) is 19.0 Å². The summed E-state index contributed by atoms with van der Waals surface area (Å²) in [5.74, 6) is 0.172. The van der Waals surface area contributed by atoms with E-state index in [9.17, 15) is 4.79 Å². The van der Waals surface area contributed by atoms with Gasteiger partial charge in [-0.3, -0.25) is 0 Å². The number of thioether (sulfide) groups is 1. The van der Waals surface area contributed by atoms with Gasteiger partial charge in [0.2, 0.25) is 0 Å². The van der Waals surface area contributed by atoms with Crippen molar-refractivity contribution in [3.63, 3.8) is 0 Å². The van der Waals surface area contributed by atoms with Crippen LogP contribution in [0.5, 0.6) is 0 Å². The average molecular weight is 222 g/mol. The lowest BCUT2D eigenvalue weighted by Gasteiger charge is -2.12. The van der Waals surface area contributed by atoms with E-state index in [1.165, 1.54) is 11.8 Å². The van der Waals surface area contributed by atoms with Crippen molar-refractivity contribution in [1.29, 1.82) is 0 Å². The van der Waals surface area contributed by atoms with E-state index in [0.29, 0.717) is 12.5 Å². The van der Waals surface area contributed by atoms with Crippen molar-refractivity contribution in [1.82, 2.24) is 0 Å². The lowest BCUT2D eigenvalue weighted by Crippen LogP contribution is -2.22. The standard InChI is InChI=1S/C9H18O4S/c1-4-8(11-2)5-13-9(10)6-12-7-14-3/h8H,4-7H2,1-3H3. The molecule has 0 saturated heterocycles. The minimum Gasteiger partial charge on any atom is -0.461 e. The summed E-state index contributed by atoms with van der Waals surface area (Å²) in [6.07, 6.45) is 2.72. The number of methoxy groups -OCH3 is 1. The van der Waals surface area contributed by atoms with E-state index in [2.05, 4.69) is 0 Å². The molecule has 0 saturated carbocycles. The van der Waals surface area contributed by atoms with Gasteiger partial charge in [0.15, 0.2) is 0 Å². The number of rotatable bonds is 8. The third-order valence-corrected chi connectivity index (χ3v) is 2.04. The van der Waals surface area contributed by atoms with Crippen LogP contribution in [0.15, 0.2) is 0 Å². The number of hydrogen-bond donors (Lipinski definition) is 0. The second kappa shape index (κ2) is 9.30. The van der Waals surface area contributed by atoms with E-state index >= 15 is 0 Å². The monoisotopic (exact) mass is 222 g/mol. The quantitative estimate of drug-likeness (QED) is 0.352. The SMILES string of the molecule is CCC(COC(=O)COCSC)OC. The fraction of sp³-hybridized carbons (Fsp3) is 0.889. The fourth-order valence-electron chi connectivity index (χ4n) is 0.788. The van der Waals surface area contributed by atoms with E-state index in [-0.39, 0.29) is 18.7 Å². The summed E-state index contributed by atoms with van der Waals surface area (Å²) < 4.78 is 15.0. The second-order valence-corrected chi connectivity index (χ2v) is 3.52. The molecule has 0 aromatic rings. The molecule has 0 aliphatic heterocycles. The van der Waals surface area contributed by atoms with Crippen LogP contribution in [0, 0.1) is 0 Å². The van der Waals surface area contributed by atoms with E-state index in [0.717, 1.165) is 6.42 Å². The number of ether oxygens (including phenoxy) is 3. The molecule has 0 N–H and O–H groups in total. The Labute approximate surface area is 89.3 Å². The van der Waals surface area contributed by atoms with E-state index in [1.807, 2.05) is 13.2 Å². The molecular formula is C9H18O4S. The van der Waals surface area contributed by atoms with Gasteiger partial charge in [-0.2, -0.15) is 0 Å². The molecule has 1 unspecified atom stereocenters. The zero-order chi connectivity index (χ0) is 10.8. The molecule has 0 radical (unpaired) electrons. The molecule has 0 aliphatic carbocycles. The van der Waals surface area contributed by atoms with Gasteiger partial charge in [0, 0.05) is 7.11 Å². The Balaban J connectivity index is 3.42. The summed E-state index contributed by atoms with van der Waals surface area (Å²) >= 11 is 1.52. The van der Waals surface area contributed by atoms with Crippen LogP contribution in [0.25, 0.3) is 0 Å². The number of hydrogen-bond acceptors (Lipinski definition) is 5. The van der Waals surface area contributed by atoms with Crippen LogP contribution in [0.1, 0.15) is 13.3 Å². The molecule has 0 aromatic heterocycles. The van der Waals surface area contributed by atoms with Crippen molar-refractivity contribution < 1.29 is 19.0 Å². The highest BCUT2D eigenvalue weighted by atomic mass is 32.2. The first kappa shape index (κ1) is 13.7. The zero-order valence-electron chi connectivity index (χ0n) is 8.95. The molecule has 0 spiro atoms. The predicted octanol–water partition coefficient (Wildman–Crippen LogP) is 1.29. The van der Waals surface area contributed by atoms with Crippen LogP contribution in [-0.4, -0.2) is 44.6 Å². The molecular weight excluding hydrogens is 204 g/mol. The summed E-state index contributed by atoms with van der Waals surface area (Å²) in [7, 11) is 1.60. The van der Waals surface area contributed by atoms with Crippen molar-refractivity contribution >= 4 is 17.7 Å². The van der Waals surface area contributed by atoms with Crippen LogP contribution in [0.3, 0.4) is 0 Å². The summed E-state index contributed by atoms with van der Waals surface area (Å²) in [4.78, 5) is 11.0. The van der Waals surface area contributed by atoms with E-state index < -0.39 is 0 Å². The average Bonchev–Trinajstić information content (AvgIpc) is 2.20. The molecule has 0 aromatic carbocycles. The van der Waals surface area contributed by atoms with Gasteiger partial charge >= 0.3 is 5.97 Å². The maximum Gasteiger partial charge on any atom is 0.332 e. The van der Waals surface area contributed by atoms with Crippen molar-refractivity contribution in [2.45, 2.75) is 19.4 Å². The number of carbonyl (C=O) groups excluding carboxylic acids is 1. The van der Waals surface area contributed by atoms with Gasteiger partial charge in [0.1, 0.15) is 13.2 Å². The Morgan fingerprint density at radius 1 is 1.50 bits per heavy atom. The highest BCUT2D eigenvalue weighted by Crippen LogP contribution is 1.98. The predicted molar refractivity (Wildman–Crippen MR) is 56.4 cm³/mol. The molecule has 84 valence electrons. The first-order valence-corrected chi connectivity index (χ1v) is 5.89. The third kappa shape index (κ3) is 7.17. The van der Waals surface area contributed by atoms with Gasteiger partial charge in [-0.15, -0.1) is 11.8 Å². The lowest BCUT2D eigenvalue weighted by molar-refractivity contribution is -0.151. The third-order valence-electron chi connectivity index (χ3n) is 1.64. The van der Waals surface area contributed by atoms with Crippen molar-refractivity contribution in [2.24, 2.45) is 0 Å². The normalized spacial score (nSPS) is 12.5. The van der Waals surface area contributed by atoms with Gasteiger partial charge < -0.3 is 14.2 Å². The molecule has 0 amide bonds. The van der Waals surface area contributed by atoms with Crippen molar-refractivity contribution in [3.05, 3.63) is 0 Å². The fourth-order valence-corrected chi connectivity index (χ4v) is 1.04. The van der Waals surface area contributed by atoms with Gasteiger partial charge in [-0.1, -0.05) is 6.92 Å². The van der Waals surface area contributed by atoms with E-state index in [4.69, 9.17) is 14.2 Å². The highest BCUT2D eigenvalue weighted by Gasteiger charge is 2.08. The molecule has 4 nitrogen and oxygen atoms in total. The zero-order valence-corrected chi connectivity index (χ0v) is 9.76. The largest absolute Gasteiger partial charge is 0.461 e. The number of carbonyl (C=O) groups is 1. The maximum atomic E-state index is 11.0. The van der Waals surface area contributed by atoms with Gasteiger partial charge in [-0.25, -0.2) is 4.79 Å². The maximum absolute atomic E-state index is 11.0. The lowest BCUT2D eigenvalue weighted by atomic mass is 10.3. The topological polar surface area (TPSA) is 44.8 Å². The molecule has 5 heteroatoms. The Kier molecular flexibility index (Phi) is 9.13. The summed E-state index contributed by atoms with van der Waals surface area (Å²) in [5.41, 5.74) is 0. The van der Waals surface area contributed by atoms with Crippen LogP contribution < -0.4 is 0 Å². The number of esters is 1. The van der Waals surface area contributed by atoms with Gasteiger partial charge in [-0.05, 0) is 12.7 Å².